The summed E-state index contributed by atoms with van der Waals surface area (Å²) in [5.41, 5.74) is -0.0502. The lowest BCUT2D eigenvalue weighted by atomic mass is 10.1. The number of nitrogens with zero attached hydrogens (tertiary/aromatic N) is 4. The largest absolute Gasteiger partial charge is 0.341 e. The summed E-state index contributed by atoms with van der Waals surface area (Å²) in [5, 5.41) is 4.50. The van der Waals surface area contributed by atoms with E-state index in [-0.39, 0.29) is 4.90 Å². The third kappa shape index (κ3) is 4.07. The lowest BCUT2D eigenvalue weighted by Crippen LogP contribution is -2.40. The number of hydrogen-bond donors (Lipinski definition) is 1. The molecule has 142 valence electrons. The van der Waals surface area contributed by atoms with Crippen LogP contribution in [0.2, 0.25) is 0 Å². The fraction of sp³-hybridized carbons (Fsp3) is 0.556. The highest BCUT2D eigenvalue weighted by Crippen LogP contribution is 2.28. The molecular formula is C18H27N5O2S. The van der Waals surface area contributed by atoms with Crippen LogP contribution in [0.25, 0.3) is 11.4 Å². The van der Waals surface area contributed by atoms with E-state index in [1.807, 2.05) is 33.9 Å². The second kappa shape index (κ2) is 7.00. The van der Waals surface area contributed by atoms with Gasteiger partial charge >= 0.3 is 0 Å². The number of sulfonamides is 1. The smallest absolute Gasteiger partial charge is 0.241 e. The average molecular weight is 378 g/mol. The van der Waals surface area contributed by atoms with Crippen molar-refractivity contribution in [3.63, 3.8) is 0 Å². The topological polar surface area (TPSA) is 80.1 Å². The van der Waals surface area contributed by atoms with Gasteiger partial charge in [-0.3, -0.25) is 0 Å². The molecule has 0 bridgehead atoms. The Hall–Kier alpha value is -1.93. The Labute approximate surface area is 155 Å². The summed E-state index contributed by atoms with van der Waals surface area (Å²) in [7, 11) is -1.83. The van der Waals surface area contributed by atoms with Crippen molar-refractivity contribution in [2.75, 3.05) is 18.0 Å². The molecule has 1 N–H and O–H groups in total. The van der Waals surface area contributed by atoms with Gasteiger partial charge in [-0.2, -0.15) is 4.98 Å². The highest BCUT2D eigenvalue weighted by atomic mass is 32.2. The molecule has 0 atom stereocenters. The maximum atomic E-state index is 12.9. The fourth-order valence-electron chi connectivity index (χ4n) is 3.20. The molecule has 1 aliphatic rings. The first kappa shape index (κ1) is 18.8. The molecule has 0 amide bonds. The zero-order valence-electron chi connectivity index (χ0n) is 15.9. The molecule has 0 unspecified atom stereocenters. The number of rotatable bonds is 4. The number of hydrogen-bond acceptors (Lipinski definition) is 5. The minimum atomic E-state index is -3.68. The zero-order valence-corrected chi connectivity index (χ0v) is 16.7. The minimum absolute atomic E-state index is 0.200. The van der Waals surface area contributed by atoms with Gasteiger partial charge in [0.25, 0.3) is 0 Å². The summed E-state index contributed by atoms with van der Waals surface area (Å²) in [4.78, 5) is 7.07. The van der Waals surface area contributed by atoms with E-state index in [0.717, 1.165) is 31.9 Å². The Morgan fingerprint density at radius 3 is 2.38 bits per heavy atom. The Bertz CT molecular complexity index is 877. The van der Waals surface area contributed by atoms with Crippen molar-refractivity contribution in [3.05, 3.63) is 24.3 Å². The van der Waals surface area contributed by atoms with Crippen LogP contribution in [0.4, 0.5) is 5.95 Å². The summed E-state index contributed by atoms with van der Waals surface area (Å²) >= 11 is 0. The number of piperidine rings is 1. The fourth-order valence-corrected chi connectivity index (χ4v) is 4.83. The molecule has 0 saturated carbocycles. The molecule has 1 aromatic heterocycles. The van der Waals surface area contributed by atoms with E-state index in [9.17, 15) is 8.42 Å². The predicted molar refractivity (Wildman–Crippen MR) is 103 cm³/mol. The summed E-state index contributed by atoms with van der Waals surface area (Å²) in [5.74, 6) is 1.22. The van der Waals surface area contributed by atoms with Crippen molar-refractivity contribution in [3.8, 4) is 11.4 Å². The SMILES string of the molecule is Cn1nc(-c2ccccc2S(=O)(=O)NC(C)(C)C)nc1N1CCCCC1. The van der Waals surface area contributed by atoms with Crippen LogP contribution >= 0.6 is 0 Å². The van der Waals surface area contributed by atoms with E-state index in [1.165, 1.54) is 6.42 Å². The van der Waals surface area contributed by atoms with Crippen LogP contribution in [0.15, 0.2) is 29.2 Å². The Kier molecular flexibility index (Phi) is 5.07. The van der Waals surface area contributed by atoms with Gasteiger partial charge in [0.15, 0.2) is 5.82 Å². The third-order valence-electron chi connectivity index (χ3n) is 4.24. The normalized spacial score (nSPS) is 16.1. The molecule has 0 spiro atoms. The quantitative estimate of drug-likeness (QED) is 0.886. The van der Waals surface area contributed by atoms with Gasteiger partial charge in [-0.1, -0.05) is 12.1 Å². The monoisotopic (exact) mass is 377 g/mol. The van der Waals surface area contributed by atoms with Gasteiger partial charge < -0.3 is 4.90 Å². The van der Waals surface area contributed by atoms with Gasteiger partial charge in [-0.15, -0.1) is 5.10 Å². The molecule has 1 aliphatic heterocycles. The van der Waals surface area contributed by atoms with Gasteiger partial charge in [0.1, 0.15) is 0 Å². The Morgan fingerprint density at radius 1 is 1.08 bits per heavy atom. The molecule has 1 aromatic carbocycles. The summed E-state index contributed by atoms with van der Waals surface area (Å²) in [6.45, 7) is 7.37. The van der Waals surface area contributed by atoms with Gasteiger partial charge in [-0.05, 0) is 52.2 Å². The minimum Gasteiger partial charge on any atom is -0.341 e. The number of nitrogens with one attached hydrogen (secondary N) is 1. The van der Waals surface area contributed by atoms with Crippen molar-refractivity contribution in [1.29, 1.82) is 0 Å². The molecule has 26 heavy (non-hydrogen) atoms. The molecular weight excluding hydrogens is 350 g/mol. The molecule has 8 heteroatoms. The van der Waals surface area contributed by atoms with Crippen LogP contribution in [-0.2, 0) is 17.1 Å². The lowest BCUT2D eigenvalue weighted by molar-refractivity contribution is 0.491. The third-order valence-corrected chi connectivity index (χ3v) is 6.05. The van der Waals surface area contributed by atoms with E-state index >= 15 is 0 Å². The maximum Gasteiger partial charge on any atom is 0.241 e. The first-order valence-corrected chi connectivity index (χ1v) is 10.4. The summed E-state index contributed by atoms with van der Waals surface area (Å²) in [6.07, 6.45) is 3.52. The molecule has 1 saturated heterocycles. The molecule has 0 radical (unpaired) electrons. The van der Waals surface area contributed by atoms with E-state index in [4.69, 9.17) is 0 Å². The molecule has 3 rings (SSSR count). The first-order chi connectivity index (χ1) is 12.2. The van der Waals surface area contributed by atoms with E-state index in [1.54, 1.807) is 22.9 Å². The molecule has 7 nitrogen and oxygen atoms in total. The van der Waals surface area contributed by atoms with Crippen LogP contribution in [0, 0.1) is 0 Å². The van der Waals surface area contributed by atoms with Crippen LogP contribution < -0.4 is 9.62 Å². The highest BCUT2D eigenvalue weighted by Gasteiger charge is 2.27. The number of aryl methyl sites for hydroxylation is 1. The first-order valence-electron chi connectivity index (χ1n) is 8.97. The number of benzene rings is 1. The summed E-state index contributed by atoms with van der Waals surface area (Å²) < 4.78 is 30.1. The average Bonchev–Trinajstić information content (AvgIpc) is 2.95. The van der Waals surface area contributed by atoms with Crippen LogP contribution in [0.5, 0.6) is 0 Å². The van der Waals surface area contributed by atoms with Crippen molar-refractivity contribution in [1.82, 2.24) is 19.5 Å². The second-order valence-electron chi connectivity index (χ2n) is 7.76. The van der Waals surface area contributed by atoms with Crippen LogP contribution in [0.1, 0.15) is 40.0 Å². The van der Waals surface area contributed by atoms with E-state index in [2.05, 4.69) is 19.7 Å². The van der Waals surface area contributed by atoms with Gasteiger partial charge in [-0.25, -0.2) is 17.8 Å². The van der Waals surface area contributed by atoms with Gasteiger partial charge in [0.05, 0.1) is 4.90 Å². The number of anilines is 1. The highest BCUT2D eigenvalue weighted by molar-refractivity contribution is 7.89. The number of aromatic nitrogens is 3. The van der Waals surface area contributed by atoms with Crippen molar-refractivity contribution >= 4 is 16.0 Å². The van der Waals surface area contributed by atoms with E-state index < -0.39 is 15.6 Å². The standard InChI is InChI=1S/C18H27N5O2S/c1-18(2,3)21-26(24,25)15-11-7-6-10-14(15)16-19-17(22(4)20-16)23-12-8-5-9-13-23/h6-7,10-11,21H,5,8-9,12-13H2,1-4H3. The lowest BCUT2D eigenvalue weighted by Gasteiger charge is -2.26. The van der Waals surface area contributed by atoms with E-state index in [0.29, 0.717) is 11.4 Å². The van der Waals surface area contributed by atoms with Crippen molar-refractivity contribution < 1.29 is 8.42 Å². The van der Waals surface area contributed by atoms with Gasteiger partial charge in [0.2, 0.25) is 16.0 Å². The van der Waals surface area contributed by atoms with Gasteiger partial charge in [0, 0.05) is 31.2 Å². The zero-order chi connectivity index (χ0) is 18.9. The predicted octanol–water partition coefficient (Wildman–Crippen LogP) is 2.55. The van der Waals surface area contributed by atoms with Crippen LogP contribution in [-0.4, -0.2) is 41.8 Å². The Morgan fingerprint density at radius 2 is 1.73 bits per heavy atom. The molecule has 1 fully saturated rings. The molecule has 0 aliphatic carbocycles. The Balaban J connectivity index is 2.01. The van der Waals surface area contributed by atoms with Crippen LogP contribution in [0.3, 0.4) is 0 Å². The molecule has 2 aromatic rings. The maximum absolute atomic E-state index is 12.9. The molecule has 2 heterocycles. The second-order valence-corrected chi connectivity index (χ2v) is 9.41. The van der Waals surface area contributed by atoms with Crippen molar-refractivity contribution in [2.45, 2.75) is 50.5 Å². The van der Waals surface area contributed by atoms with Crippen molar-refractivity contribution in [2.24, 2.45) is 7.05 Å². The summed E-state index contributed by atoms with van der Waals surface area (Å²) in [6, 6.07) is 6.88.